The molecule has 0 radical (unpaired) electrons. The Morgan fingerprint density at radius 2 is 2.20 bits per heavy atom. The lowest BCUT2D eigenvalue weighted by Gasteiger charge is -2.19. The van der Waals surface area contributed by atoms with E-state index in [9.17, 15) is 18.0 Å². The Morgan fingerprint density at radius 3 is 2.53 bits per heavy atom. The van der Waals surface area contributed by atoms with Gasteiger partial charge in [-0.15, -0.1) is 23.4 Å². The number of nitrogens with zero attached hydrogens (tertiary/aromatic N) is 1. The van der Waals surface area contributed by atoms with E-state index in [0.717, 1.165) is 7.11 Å². The highest BCUT2D eigenvalue weighted by Gasteiger charge is 2.45. The van der Waals surface area contributed by atoms with Gasteiger partial charge in [0.2, 0.25) is 0 Å². The van der Waals surface area contributed by atoms with Crippen LogP contribution in [0, 0.1) is 11.3 Å². The van der Waals surface area contributed by atoms with Crippen LogP contribution in [0.4, 0.5) is 13.2 Å². The molecule has 0 aromatic heterocycles. The molecule has 0 aromatic carbocycles. The molecular formula is C7H7ClF3NO2S. The summed E-state index contributed by atoms with van der Waals surface area (Å²) in [6.07, 6.45) is -4.62. The number of ether oxygens (including phenoxy) is 1. The minimum Gasteiger partial charge on any atom is -0.468 e. The zero-order valence-electron chi connectivity index (χ0n) is 7.55. The lowest BCUT2D eigenvalue weighted by Crippen LogP contribution is -2.34. The fraction of sp³-hybridized carbons (Fsp3) is 0.714. The van der Waals surface area contributed by atoms with Crippen molar-refractivity contribution in [3.63, 3.8) is 0 Å². The van der Waals surface area contributed by atoms with Gasteiger partial charge in [-0.2, -0.15) is 18.4 Å². The second kappa shape index (κ2) is 6.08. The second-order valence-corrected chi connectivity index (χ2v) is 3.98. The molecule has 0 N–H and O–H groups in total. The molecule has 0 aliphatic rings. The highest BCUT2D eigenvalue weighted by molar-refractivity contribution is 8.00. The average Bonchev–Trinajstić information content (AvgIpc) is 2.15. The lowest BCUT2D eigenvalue weighted by atomic mass is 10.3. The minimum atomic E-state index is -4.62. The Hall–Kier alpha value is -0.610. The number of alkyl halides is 4. The molecule has 0 rings (SSSR count). The van der Waals surface area contributed by atoms with E-state index in [1.807, 2.05) is 0 Å². The smallest absolute Gasteiger partial charge is 0.403 e. The normalized spacial score (nSPS) is 15.2. The van der Waals surface area contributed by atoms with Crippen molar-refractivity contribution < 1.29 is 22.7 Å². The van der Waals surface area contributed by atoms with Crippen molar-refractivity contribution >= 4 is 29.3 Å². The zero-order chi connectivity index (χ0) is 12.1. The van der Waals surface area contributed by atoms with Gasteiger partial charge in [0, 0.05) is 0 Å². The van der Waals surface area contributed by atoms with Crippen LogP contribution in [-0.4, -0.2) is 35.6 Å². The predicted molar refractivity (Wildman–Crippen MR) is 49.6 cm³/mol. The van der Waals surface area contributed by atoms with E-state index in [-0.39, 0.29) is 11.8 Å². The van der Waals surface area contributed by atoms with E-state index >= 15 is 0 Å². The van der Waals surface area contributed by atoms with Crippen molar-refractivity contribution in [2.24, 2.45) is 0 Å². The molecule has 3 nitrogen and oxygen atoms in total. The Bertz CT molecular complexity index is 266. The van der Waals surface area contributed by atoms with Gasteiger partial charge in [0.15, 0.2) is 0 Å². The van der Waals surface area contributed by atoms with E-state index in [1.165, 1.54) is 6.07 Å². The van der Waals surface area contributed by atoms with E-state index < -0.39 is 28.5 Å². The van der Waals surface area contributed by atoms with Gasteiger partial charge in [-0.25, -0.2) is 0 Å². The molecule has 15 heavy (non-hydrogen) atoms. The third-order valence-electron chi connectivity index (χ3n) is 1.32. The van der Waals surface area contributed by atoms with E-state index in [2.05, 4.69) is 4.74 Å². The number of nitriles is 1. The largest absolute Gasteiger partial charge is 0.468 e. The van der Waals surface area contributed by atoms with Crippen molar-refractivity contribution in [2.45, 2.75) is 16.8 Å². The second-order valence-electron chi connectivity index (χ2n) is 2.38. The standard InChI is InChI=1S/C7H7ClF3NO2S/c1-14-5(13)3-15-6(4(8)2-12)7(9,10)11/h4,6H,3H2,1H3. The van der Waals surface area contributed by atoms with Crippen molar-refractivity contribution in [2.75, 3.05) is 12.9 Å². The van der Waals surface area contributed by atoms with Crippen molar-refractivity contribution in [3.8, 4) is 6.07 Å². The van der Waals surface area contributed by atoms with Crippen molar-refractivity contribution in [1.29, 1.82) is 5.26 Å². The van der Waals surface area contributed by atoms with Crippen LogP contribution in [0.15, 0.2) is 0 Å². The molecule has 0 aromatic rings. The van der Waals surface area contributed by atoms with Gasteiger partial charge in [0.1, 0.15) is 10.6 Å². The molecule has 0 saturated heterocycles. The summed E-state index contributed by atoms with van der Waals surface area (Å²) in [5.74, 6) is -1.29. The zero-order valence-corrected chi connectivity index (χ0v) is 9.12. The molecule has 86 valence electrons. The van der Waals surface area contributed by atoms with Crippen molar-refractivity contribution in [1.82, 2.24) is 0 Å². The Labute approximate surface area is 93.5 Å². The van der Waals surface area contributed by atoms with Crippen LogP contribution in [-0.2, 0) is 9.53 Å². The Morgan fingerprint density at radius 1 is 1.67 bits per heavy atom. The highest BCUT2D eigenvalue weighted by atomic mass is 35.5. The first-order chi connectivity index (χ1) is 6.82. The maximum Gasteiger partial charge on any atom is 0.403 e. The number of thioether (sulfide) groups is 1. The first kappa shape index (κ1) is 14.4. The SMILES string of the molecule is COC(=O)CSC(C(Cl)C#N)C(F)(F)F. The number of rotatable bonds is 4. The Kier molecular flexibility index (Phi) is 5.83. The molecule has 2 unspecified atom stereocenters. The summed E-state index contributed by atoms with van der Waals surface area (Å²) in [4.78, 5) is 10.6. The van der Waals surface area contributed by atoms with Crippen LogP contribution in [0.25, 0.3) is 0 Å². The van der Waals surface area contributed by atoms with E-state index in [4.69, 9.17) is 16.9 Å². The number of hydrogen-bond acceptors (Lipinski definition) is 4. The topological polar surface area (TPSA) is 50.1 Å². The predicted octanol–water partition coefficient (Wildman–Crippen LogP) is 1.95. The molecule has 2 atom stereocenters. The monoisotopic (exact) mass is 261 g/mol. The minimum absolute atomic E-state index is 0.240. The summed E-state index contributed by atoms with van der Waals surface area (Å²) in [7, 11) is 1.06. The van der Waals surface area contributed by atoms with Crippen LogP contribution in [0.2, 0.25) is 0 Å². The lowest BCUT2D eigenvalue weighted by molar-refractivity contribution is -0.137. The molecule has 0 fully saturated rings. The third-order valence-corrected chi connectivity index (χ3v) is 3.12. The highest BCUT2D eigenvalue weighted by Crippen LogP contribution is 2.34. The molecule has 0 bridgehead atoms. The molecule has 0 amide bonds. The molecule has 0 heterocycles. The van der Waals surface area contributed by atoms with Gasteiger partial charge in [0.05, 0.1) is 18.9 Å². The van der Waals surface area contributed by atoms with Crippen LogP contribution in [0.3, 0.4) is 0 Å². The van der Waals surface area contributed by atoms with E-state index in [1.54, 1.807) is 0 Å². The number of methoxy groups -OCH3 is 1. The van der Waals surface area contributed by atoms with Crippen LogP contribution < -0.4 is 0 Å². The summed E-state index contributed by atoms with van der Waals surface area (Å²) in [6, 6.07) is 1.29. The summed E-state index contributed by atoms with van der Waals surface area (Å²) in [5.41, 5.74) is 0. The number of hydrogen-bond donors (Lipinski definition) is 0. The van der Waals surface area contributed by atoms with Crippen LogP contribution in [0.1, 0.15) is 0 Å². The summed E-state index contributed by atoms with van der Waals surface area (Å²) >= 11 is 5.43. The number of carbonyl (C=O) groups is 1. The van der Waals surface area contributed by atoms with Gasteiger partial charge in [0.25, 0.3) is 0 Å². The fourth-order valence-corrected chi connectivity index (χ4v) is 1.84. The van der Waals surface area contributed by atoms with Gasteiger partial charge in [-0.05, 0) is 0 Å². The van der Waals surface area contributed by atoms with Crippen LogP contribution in [0.5, 0.6) is 0 Å². The maximum atomic E-state index is 12.3. The molecular weight excluding hydrogens is 255 g/mol. The van der Waals surface area contributed by atoms with Crippen LogP contribution >= 0.6 is 23.4 Å². The van der Waals surface area contributed by atoms with Gasteiger partial charge >= 0.3 is 12.1 Å². The fourth-order valence-electron chi connectivity index (χ4n) is 0.629. The van der Waals surface area contributed by atoms with Gasteiger partial charge in [-0.1, -0.05) is 0 Å². The molecule has 0 aliphatic heterocycles. The molecule has 0 aliphatic carbocycles. The average molecular weight is 262 g/mol. The Balaban J connectivity index is 4.42. The summed E-state index contributed by atoms with van der Waals surface area (Å²) in [5, 5.41) is 4.46. The molecule has 8 heteroatoms. The van der Waals surface area contributed by atoms with Gasteiger partial charge < -0.3 is 4.74 Å². The van der Waals surface area contributed by atoms with Crippen molar-refractivity contribution in [3.05, 3.63) is 0 Å². The molecule has 0 spiro atoms. The number of halogens is 4. The first-order valence-corrected chi connectivity index (χ1v) is 5.10. The van der Waals surface area contributed by atoms with E-state index in [0.29, 0.717) is 0 Å². The molecule has 0 saturated carbocycles. The van der Waals surface area contributed by atoms with Gasteiger partial charge in [-0.3, -0.25) is 4.79 Å². The number of esters is 1. The first-order valence-electron chi connectivity index (χ1n) is 3.61. The summed E-state index contributed by atoms with van der Waals surface area (Å²) in [6.45, 7) is 0. The quantitative estimate of drug-likeness (QED) is 0.573. The third kappa shape index (κ3) is 5.14. The summed E-state index contributed by atoms with van der Waals surface area (Å²) < 4.78 is 41.1. The number of carbonyl (C=O) groups excluding carboxylic acids is 1. The maximum absolute atomic E-state index is 12.3.